The Morgan fingerprint density at radius 3 is 2.04 bits per heavy atom. The first-order valence-electron chi connectivity index (χ1n) is 8.90. The van der Waals surface area contributed by atoms with Crippen molar-refractivity contribution in [2.24, 2.45) is 0 Å². The molecule has 0 aliphatic carbocycles. The summed E-state index contributed by atoms with van der Waals surface area (Å²) in [5.41, 5.74) is 2.10. The number of para-hydroxylation sites is 1. The minimum absolute atomic E-state index is 0.00605. The minimum atomic E-state index is -1.30. The summed E-state index contributed by atoms with van der Waals surface area (Å²) in [6.07, 6.45) is 0. The van der Waals surface area contributed by atoms with Gasteiger partial charge in [0.15, 0.2) is 0 Å². The molecule has 0 aromatic heterocycles. The van der Waals surface area contributed by atoms with Crippen molar-refractivity contribution >= 4 is 30.7 Å². The predicted octanol–water partition coefficient (Wildman–Crippen LogP) is 3.59. The van der Waals surface area contributed by atoms with Gasteiger partial charge in [0.2, 0.25) is 0 Å². The molecule has 1 N–H and O–H groups in total. The van der Waals surface area contributed by atoms with Crippen molar-refractivity contribution in [3.05, 3.63) is 54.6 Å². The molecule has 1 fully saturated rings. The SMILES string of the molecule is C[Si](C)(C)c1ccc(NC(=O)N2CCN(c3ccccc3)CC2)cc1. The number of piperazine rings is 1. The first kappa shape index (κ1) is 17.5. The van der Waals surface area contributed by atoms with E-state index in [0.29, 0.717) is 0 Å². The normalized spacial score (nSPS) is 15.2. The standard InChI is InChI=1S/C20H27N3OSi/c1-25(2,3)19-11-9-17(10-12-19)21-20(24)23-15-13-22(14-16-23)18-7-5-4-6-8-18/h4-12H,13-16H2,1-3H3,(H,21,24). The lowest BCUT2D eigenvalue weighted by Crippen LogP contribution is -2.50. The molecule has 5 heteroatoms. The summed E-state index contributed by atoms with van der Waals surface area (Å²) in [4.78, 5) is 16.7. The van der Waals surface area contributed by atoms with Crippen LogP contribution in [0.4, 0.5) is 16.2 Å². The minimum Gasteiger partial charge on any atom is -0.368 e. The maximum absolute atomic E-state index is 12.5. The molecule has 1 saturated heterocycles. The van der Waals surface area contributed by atoms with Crippen LogP contribution in [0.5, 0.6) is 0 Å². The highest BCUT2D eigenvalue weighted by Gasteiger charge is 2.21. The van der Waals surface area contributed by atoms with Crippen molar-refractivity contribution < 1.29 is 4.79 Å². The number of carbonyl (C=O) groups is 1. The maximum atomic E-state index is 12.5. The van der Waals surface area contributed by atoms with E-state index in [1.165, 1.54) is 10.9 Å². The number of carbonyl (C=O) groups excluding carboxylic acids is 1. The van der Waals surface area contributed by atoms with E-state index in [1.54, 1.807) is 0 Å². The zero-order valence-corrected chi connectivity index (χ0v) is 16.3. The van der Waals surface area contributed by atoms with Gasteiger partial charge < -0.3 is 15.1 Å². The number of nitrogens with one attached hydrogen (secondary N) is 1. The van der Waals surface area contributed by atoms with Crippen LogP contribution in [0.2, 0.25) is 19.6 Å². The summed E-state index contributed by atoms with van der Waals surface area (Å²) in [6.45, 7) is 10.2. The number of nitrogens with zero attached hydrogens (tertiary/aromatic N) is 2. The molecule has 0 bridgehead atoms. The molecule has 0 saturated carbocycles. The summed E-state index contributed by atoms with van der Waals surface area (Å²) in [5, 5.41) is 4.43. The van der Waals surface area contributed by atoms with Crippen molar-refractivity contribution in [1.82, 2.24) is 4.90 Å². The number of rotatable bonds is 3. The third kappa shape index (κ3) is 4.42. The third-order valence-corrected chi connectivity index (χ3v) is 6.76. The number of hydrogen-bond donors (Lipinski definition) is 1. The molecule has 0 atom stereocenters. The molecule has 2 aromatic rings. The van der Waals surface area contributed by atoms with Crippen LogP contribution in [0.3, 0.4) is 0 Å². The third-order valence-electron chi connectivity index (χ3n) is 4.69. The summed E-state index contributed by atoms with van der Waals surface area (Å²) in [7, 11) is -1.30. The van der Waals surface area contributed by atoms with Gasteiger partial charge in [0, 0.05) is 37.6 Å². The number of benzene rings is 2. The number of amides is 2. The second-order valence-corrected chi connectivity index (χ2v) is 12.6. The summed E-state index contributed by atoms with van der Waals surface area (Å²) in [5.74, 6) is 0. The Balaban J connectivity index is 1.54. The van der Waals surface area contributed by atoms with Crippen LogP contribution in [0.25, 0.3) is 0 Å². The van der Waals surface area contributed by atoms with Crippen LogP contribution >= 0.6 is 0 Å². The Hall–Kier alpha value is -2.27. The molecule has 0 spiro atoms. The lowest BCUT2D eigenvalue weighted by Gasteiger charge is -2.36. The second-order valence-electron chi connectivity index (χ2n) is 7.57. The molecule has 1 aliphatic heterocycles. The second kappa shape index (κ2) is 7.31. The molecule has 0 radical (unpaired) electrons. The molecule has 132 valence electrons. The first-order chi connectivity index (χ1) is 11.9. The van der Waals surface area contributed by atoms with Gasteiger partial charge in [0.1, 0.15) is 0 Å². The number of hydrogen-bond acceptors (Lipinski definition) is 2. The zero-order chi connectivity index (χ0) is 17.9. The molecule has 3 rings (SSSR count). The topological polar surface area (TPSA) is 35.6 Å². The maximum Gasteiger partial charge on any atom is 0.321 e. The van der Waals surface area contributed by atoms with Gasteiger partial charge in [-0.25, -0.2) is 4.79 Å². The molecule has 1 aliphatic rings. The fourth-order valence-corrected chi connectivity index (χ4v) is 4.23. The van der Waals surface area contributed by atoms with E-state index in [-0.39, 0.29) is 6.03 Å². The van der Waals surface area contributed by atoms with Gasteiger partial charge in [0.25, 0.3) is 0 Å². The fraction of sp³-hybridized carbons (Fsp3) is 0.350. The van der Waals surface area contributed by atoms with Crippen molar-refractivity contribution in [3.63, 3.8) is 0 Å². The molecular weight excluding hydrogens is 326 g/mol. The molecule has 1 heterocycles. The highest BCUT2D eigenvalue weighted by atomic mass is 28.3. The van der Waals surface area contributed by atoms with Gasteiger partial charge in [-0.15, -0.1) is 0 Å². The average molecular weight is 354 g/mol. The van der Waals surface area contributed by atoms with E-state index in [9.17, 15) is 4.79 Å². The van der Waals surface area contributed by atoms with E-state index < -0.39 is 8.07 Å². The monoisotopic (exact) mass is 353 g/mol. The van der Waals surface area contributed by atoms with Gasteiger partial charge in [0.05, 0.1) is 8.07 Å². The summed E-state index contributed by atoms with van der Waals surface area (Å²) in [6, 6.07) is 18.7. The van der Waals surface area contributed by atoms with Crippen LogP contribution < -0.4 is 15.4 Å². The Labute approximate surface area is 151 Å². The number of anilines is 2. The predicted molar refractivity (Wildman–Crippen MR) is 109 cm³/mol. The van der Waals surface area contributed by atoms with Crippen molar-refractivity contribution in [2.45, 2.75) is 19.6 Å². The average Bonchev–Trinajstić information content (AvgIpc) is 2.62. The molecule has 0 unspecified atom stereocenters. The van der Waals surface area contributed by atoms with Gasteiger partial charge >= 0.3 is 6.03 Å². The largest absolute Gasteiger partial charge is 0.368 e. The van der Waals surface area contributed by atoms with E-state index in [4.69, 9.17) is 0 Å². The van der Waals surface area contributed by atoms with E-state index >= 15 is 0 Å². The fourth-order valence-electron chi connectivity index (χ4n) is 3.06. The van der Waals surface area contributed by atoms with E-state index in [2.05, 4.69) is 66.3 Å². The molecule has 2 aromatic carbocycles. The lowest BCUT2D eigenvalue weighted by molar-refractivity contribution is 0.208. The summed E-state index contributed by atoms with van der Waals surface area (Å²) < 4.78 is 0. The highest BCUT2D eigenvalue weighted by Crippen LogP contribution is 2.16. The lowest BCUT2D eigenvalue weighted by atomic mass is 10.2. The van der Waals surface area contributed by atoms with E-state index in [0.717, 1.165) is 31.9 Å². The zero-order valence-electron chi connectivity index (χ0n) is 15.3. The Bertz CT molecular complexity index is 702. The van der Waals surface area contributed by atoms with Gasteiger partial charge in [-0.3, -0.25) is 0 Å². The Morgan fingerprint density at radius 1 is 0.880 bits per heavy atom. The van der Waals surface area contributed by atoms with Crippen LogP contribution in [-0.2, 0) is 0 Å². The quantitative estimate of drug-likeness (QED) is 0.856. The Morgan fingerprint density at radius 2 is 1.48 bits per heavy atom. The summed E-state index contributed by atoms with van der Waals surface area (Å²) >= 11 is 0. The van der Waals surface area contributed by atoms with Gasteiger partial charge in [-0.2, -0.15) is 0 Å². The molecular formula is C20H27N3OSi. The van der Waals surface area contributed by atoms with Crippen LogP contribution in [-0.4, -0.2) is 45.2 Å². The smallest absolute Gasteiger partial charge is 0.321 e. The number of urea groups is 1. The van der Waals surface area contributed by atoms with Crippen LogP contribution in [0, 0.1) is 0 Å². The Kier molecular flexibility index (Phi) is 5.13. The van der Waals surface area contributed by atoms with Crippen molar-refractivity contribution in [1.29, 1.82) is 0 Å². The molecule has 2 amide bonds. The molecule has 25 heavy (non-hydrogen) atoms. The van der Waals surface area contributed by atoms with Gasteiger partial charge in [-0.05, 0) is 24.3 Å². The van der Waals surface area contributed by atoms with Crippen molar-refractivity contribution in [2.75, 3.05) is 36.4 Å². The molecule has 4 nitrogen and oxygen atoms in total. The van der Waals surface area contributed by atoms with Crippen molar-refractivity contribution in [3.8, 4) is 0 Å². The van der Waals surface area contributed by atoms with E-state index in [1.807, 2.05) is 23.1 Å². The van der Waals surface area contributed by atoms with Crippen LogP contribution in [0.15, 0.2) is 54.6 Å². The van der Waals surface area contributed by atoms with Gasteiger partial charge in [-0.1, -0.05) is 55.2 Å². The first-order valence-corrected chi connectivity index (χ1v) is 12.4. The van der Waals surface area contributed by atoms with Crippen LogP contribution in [0.1, 0.15) is 0 Å². The highest BCUT2D eigenvalue weighted by molar-refractivity contribution is 6.88.